The minimum Gasteiger partial charge on any atom is -0.350 e. The quantitative estimate of drug-likeness (QED) is 0.425. The molecule has 0 unspecified atom stereocenters. The molecule has 2 aromatic carbocycles. The molecule has 0 aliphatic rings. The van der Waals surface area contributed by atoms with Crippen molar-refractivity contribution < 1.29 is 0 Å². The van der Waals surface area contributed by atoms with Gasteiger partial charge in [-0.1, -0.05) is 55.5 Å². The monoisotopic (exact) mass is 425 g/mol. The van der Waals surface area contributed by atoms with Crippen LogP contribution in [-0.4, -0.2) is 46.7 Å². The number of anilines is 1. The zero-order chi connectivity index (χ0) is 21.9. The number of rotatable bonds is 7. The number of hydrogen-bond donors (Lipinski definition) is 1. The molecule has 160 valence electrons. The van der Waals surface area contributed by atoms with Crippen molar-refractivity contribution in [3.63, 3.8) is 0 Å². The number of aromatic nitrogens is 8. The van der Waals surface area contributed by atoms with Crippen LogP contribution in [0.4, 0.5) is 5.82 Å². The van der Waals surface area contributed by atoms with Crippen LogP contribution >= 0.6 is 0 Å². The molecule has 0 saturated heterocycles. The molecule has 0 fully saturated rings. The third-order valence-corrected chi connectivity index (χ3v) is 5.42. The number of fused-ring (bicyclic) bond motifs is 1. The van der Waals surface area contributed by atoms with Gasteiger partial charge in [-0.05, 0) is 28.3 Å². The number of imidazole rings is 1. The summed E-state index contributed by atoms with van der Waals surface area (Å²) in [7, 11) is 1.95. The van der Waals surface area contributed by atoms with Crippen LogP contribution in [0.2, 0.25) is 0 Å². The molecule has 0 spiro atoms. The molecule has 0 aliphatic carbocycles. The molecule has 1 N–H and O–H groups in total. The molecule has 0 atom stereocenters. The van der Waals surface area contributed by atoms with Gasteiger partial charge in [-0.3, -0.25) is 0 Å². The second-order valence-electron chi connectivity index (χ2n) is 7.62. The maximum Gasteiger partial charge on any atom is 0.205 e. The van der Waals surface area contributed by atoms with E-state index in [1.807, 2.05) is 29.8 Å². The Bertz CT molecular complexity index is 1320. The van der Waals surface area contributed by atoms with Gasteiger partial charge < -0.3 is 9.47 Å². The van der Waals surface area contributed by atoms with E-state index in [0.29, 0.717) is 5.82 Å². The SMILES string of the molecule is CCCN(Cc1ccc(-c2ccccc2-c2nn[nH]n2)cc1)c1ncnc2c1ncn2C. The van der Waals surface area contributed by atoms with Crippen LogP contribution in [0, 0.1) is 0 Å². The minimum absolute atomic E-state index is 0.585. The minimum atomic E-state index is 0.585. The van der Waals surface area contributed by atoms with E-state index >= 15 is 0 Å². The van der Waals surface area contributed by atoms with E-state index in [2.05, 4.69) is 77.7 Å². The summed E-state index contributed by atoms with van der Waals surface area (Å²) in [6.07, 6.45) is 4.40. The van der Waals surface area contributed by atoms with Crippen LogP contribution in [0.15, 0.2) is 61.2 Å². The Labute approximate surface area is 185 Å². The Balaban J connectivity index is 1.44. The molecule has 0 amide bonds. The van der Waals surface area contributed by atoms with Crippen LogP contribution in [-0.2, 0) is 13.6 Å². The maximum atomic E-state index is 4.56. The molecule has 0 bridgehead atoms. The summed E-state index contributed by atoms with van der Waals surface area (Å²) < 4.78 is 1.92. The molecule has 0 saturated carbocycles. The number of aryl methyl sites for hydroxylation is 1. The van der Waals surface area contributed by atoms with Crippen molar-refractivity contribution >= 4 is 17.0 Å². The molecule has 0 radical (unpaired) electrons. The number of nitrogens with zero attached hydrogens (tertiary/aromatic N) is 8. The highest BCUT2D eigenvalue weighted by molar-refractivity contribution is 5.83. The first kappa shape index (κ1) is 19.8. The fourth-order valence-electron chi connectivity index (χ4n) is 3.91. The maximum absolute atomic E-state index is 4.56. The van der Waals surface area contributed by atoms with Crippen LogP contribution in [0.25, 0.3) is 33.7 Å². The van der Waals surface area contributed by atoms with E-state index in [-0.39, 0.29) is 0 Å². The molecule has 5 rings (SSSR count). The predicted octanol–water partition coefficient (Wildman–Crippen LogP) is 3.63. The molecular weight excluding hydrogens is 402 g/mol. The van der Waals surface area contributed by atoms with Gasteiger partial charge in [0.05, 0.1) is 6.33 Å². The number of hydrogen-bond acceptors (Lipinski definition) is 7. The van der Waals surface area contributed by atoms with Crippen molar-refractivity contribution in [1.82, 2.24) is 40.1 Å². The Morgan fingerprint density at radius 2 is 1.78 bits per heavy atom. The van der Waals surface area contributed by atoms with E-state index < -0.39 is 0 Å². The van der Waals surface area contributed by atoms with Gasteiger partial charge >= 0.3 is 0 Å². The van der Waals surface area contributed by atoms with Crippen LogP contribution in [0.5, 0.6) is 0 Å². The molecule has 3 aromatic heterocycles. The lowest BCUT2D eigenvalue weighted by molar-refractivity contribution is 0.756. The summed E-state index contributed by atoms with van der Waals surface area (Å²) >= 11 is 0. The summed E-state index contributed by atoms with van der Waals surface area (Å²) in [4.78, 5) is 15.7. The standard InChI is InChI=1S/C23H23N9/c1-3-12-32(23-20-22(24-14-25-23)31(2)15-26-20)13-16-8-10-17(11-9-16)18-6-4-5-7-19(18)21-27-29-30-28-21/h4-11,14-15H,3,12-13H2,1-2H3,(H,27,28,29,30). The third kappa shape index (κ3) is 3.68. The van der Waals surface area contributed by atoms with E-state index in [1.54, 1.807) is 12.7 Å². The van der Waals surface area contributed by atoms with Gasteiger partial charge in [0.2, 0.25) is 5.82 Å². The fraction of sp³-hybridized carbons (Fsp3) is 0.217. The Morgan fingerprint density at radius 3 is 2.53 bits per heavy atom. The number of aromatic amines is 1. The van der Waals surface area contributed by atoms with Crippen molar-refractivity contribution in [2.24, 2.45) is 7.05 Å². The normalized spacial score (nSPS) is 11.2. The summed E-state index contributed by atoms with van der Waals surface area (Å²) in [5.41, 5.74) is 5.97. The predicted molar refractivity (Wildman–Crippen MR) is 123 cm³/mol. The van der Waals surface area contributed by atoms with Gasteiger partial charge in [0, 0.05) is 25.7 Å². The average molecular weight is 426 g/mol. The van der Waals surface area contributed by atoms with Gasteiger partial charge in [-0.25, -0.2) is 15.0 Å². The van der Waals surface area contributed by atoms with Crippen LogP contribution in [0.1, 0.15) is 18.9 Å². The van der Waals surface area contributed by atoms with E-state index in [1.165, 1.54) is 5.56 Å². The highest BCUT2D eigenvalue weighted by atomic mass is 15.5. The van der Waals surface area contributed by atoms with Crippen molar-refractivity contribution in [3.05, 3.63) is 66.7 Å². The van der Waals surface area contributed by atoms with Crippen LogP contribution in [0.3, 0.4) is 0 Å². The van der Waals surface area contributed by atoms with Gasteiger partial charge in [0.25, 0.3) is 0 Å². The molecule has 9 nitrogen and oxygen atoms in total. The lowest BCUT2D eigenvalue weighted by Crippen LogP contribution is -2.25. The summed E-state index contributed by atoms with van der Waals surface area (Å²) in [6.45, 7) is 3.79. The van der Waals surface area contributed by atoms with Crippen molar-refractivity contribution in [2.75, 3.05) is 11.4 Å². The van der Waals surface area contributed by atoms with Crippen molar-refractivity contribution in [1.29, 1.82) is 0 Å². The first-order valence-corrected chi connectivity index (χ1v) is 10.5. The van der Waals surface area contributed by atoms with Crippen LogP contribution < -0.4 is 4.90 Å². The largest absolute Gasteiger partial charge is 0.350 e. The first-order valence-electron chi connectivity index (χ1n) is 10.5. The zero-order valence-electron chi connectivity index (χ0n) is 18.0. The third-order valence-electron chi connectivity index (χ3n) is 5.42. The molecule has 3 heterocycles. The smallest absolute Gasteiger partial charge is 0.205 e. The fourth-order valence-corrected chi connectivity index (χ4v) is 3.91. The van der Waals surface area contributed by atoms with Gasteiger partial charge in [0.1, 0.15) is 6.33 Å². The Morgan fingerprint density at radius 1 is 0.969 bits per heavy atom. The highest BCUT2D eigenvalue weighted by Crippen LogP contribution is 2.30. The van der Waals surface area contributed by atoms with Crippen molar-refractivity contribution in [2.45, 2.75) is 19.9 Å². The van der Waals surface area contributed by atoms with Crippen molar-refractivity contribution in [3.8, 4) is 22.5 Å². The van der Waals surface area contributed by atoms with Gasteiger partial charge in [-0.15, -0.1) is 10.2 Å². The van der Waals surface area contributed by atoms with E-state index in [0.717, 1.165) is 53.2 Å². The lowest BCUT2D eigenvalue weighted by Gasteiger charge is -2.23. The van der Waals surface area contributed by atoms with E-state index in [9.17, 15) is 0 Å². The number of benzene rings is 2. The summed E-state index contributed by atoms with van der Waals surface area (Å²) in [5, 5.41) is 14.5. The topological polar surface area (TPSA) is 101 Å². The zero-order valence-corrected chi connectivity index (χ0v) is 18.0. The second kappa shape index (κ2) is 8.54. The molecular formula is C23H23N9. The first-order chi connectivity index (χ1) is 15.7. The number of H-pyrrole nitrogens is 1. The van der Waals surface area contributed by atoms with Gasteiger partial charge in [-0.2, -0.15) is 5.21 Å². The highest BCUT2D eigenvalue weighted by Gasteiger charge is 2.16. The Kier molecular flexibility index (Phi) is 5.29. The number of tetrazole rings is 1. The second-order valence-corrected chi connectivity index (χ2v) is 7.62. The lowest BCUT2D eigenvalue weighted by atomic mass is 9.98. The van der Waals surface area contributed by atoms with E-state index in [4.69, 9.17) is 0 Å². The average Bonchev–Trinajstić information content (AvgIpc) is 3.50. The molecule has 5 aromatic rings. The Hall–Kier alpha value is -4.14. The molecule has 32 heavy (non-hydrogen) atoms. The summed E-state index contributed by atoms with van der Waals surface area (Å²) in [5.74, 6) is 1.45. The molecule has 9 heteroatoms. The number of nitrogens with one attached hydrogen (secondary N) is 1. The molecule has 0 aliphatic heterocycles. The van der Waals surface area contributed by atoms with Gasteiger partial charge in [0.15, 0.2) is 17.0 Å². The summed E-state index contributed by atoms with van der Waals surface area (Å²) in [6, 6.07) is 16.6.